The van der Waals surface area contributed by atoms with Gasteiger partial charge in [-0.25, -0.2) is 9.78 Å². The average Bonchev–Trinajstić information content (AvgIpc) is 2.80. The number of rotatable bonds is 16. The summed E-state index contributed by atoms with van der Waals surface area (Å²) in [4.78, 5) is 24.8. The summed E-state index contributed by atoms with van der Waals surface area (Å²) >= 11 is 0. The molecular formula is C23H35N5O7S. The normalized spacial score (nSPS) is 11.6. The maximum atomic E-state index is 12.5. The number of hydrogen-bond acceptors (Lipinski definition) is 11. The fourth-order valence-corrected chi connectivity index (χ4v) is 3.30. The fraction of sp³-hybridized carbons (Fsp3) is 0.565. The largest absolute Gasteiger partial charge is 0.493 e. The van der Waals surface area contributed by atoms with E-state index in [1.54, 1.807) is 24.5 Å². The van der Waals surface area contributed by atoms with Gasteiger partial charge in [-0.2, -0.15) is 13.4 Å². The van der Waals surface area contributed by atoms with E-state index in [1.807, 2.05) is 13.8 Å². The van der Waals surface area contributed by atoms with Crippen molar-refractivity contribution in [1.82, 2.24) is 15.0 Å². The molecule has 36 heavy (non-hydrogen) atoms. The van der Waals surface area contributed by atoms with Crippen LogP contribution in [0.3, 0.4) is 0 Å². The van der Waals surface area contributed by atoms with Gasteiger partial charge in [0.25, 0.3) is 10.1 Å². The highest BCUT2D eigenvalue weighted by Crippen LogP contribution is 2.23. The molecule has 200 valence electrons. The number of ether oxygens (including phenoxy) is 3. The number of carbonyl (C=O) groups is 1. The third-order valence-corrected chi connectivity index (χ3v) is 5.24. The predicted octanol–water partition coefficient (Wildman–Crippen LogP) is 3.62. The minimum absolute atomic E-state index is 0.0211. The zero-order valence-corrected chi connectivity index (χ0v) is 22.0. The highest BCUT2D eigenvalue weighted by molar-refractivity contribution is 7.85. The molecular weight excluding hydrogens is 490 g/mol. The summed E-state index contributed by atoms with van der Waals surface area (Å²) in [6.07, 6.45) is 8.10. The lowest BCUT2D eigenvalue weighted by Gasteiger charge is -2.25. The number of amides is 1. The summed E-state index contributed by atoms with van der Waals surface area (Å²) in [6, 6.07) is 3.56. The van der Waals surface area contributed by atoms with E-state index in [-0.39, 0.29) is 19.2 Å². The van der Waals surface area contributed by atoms with Crippen LogP contribution in [-0.4, -0.2) is 67.7 Å². The van der Waals surface area contributed by atoms with Crippen molar-refractivity contribution in [1.29, 1.82) is 0 Å². The van der Waals surface area contributed by atoms with Crippen LogP contribution in [-0.2, 0) is 19.0 Å². The highest BCUT2D eigenvalue weighted by atomic mass is 32.2. The number of anilines is 2. The molecule has 0 aliphatic carbocycles. The molecule has 0 radical (unpaired) electrons. The van der Waals surface area contributed by atoms with Crippen molar-refractivity contribution in [2.75, 3.05) is 43.3 Å². The summed E-state index contributed by atoms with van der Waals surface area (Å²) in [5.74, 6) is 1.44. The van der Waals surface area contributed by atoms with Crippen molar-refractivity contribution in [3.05, 3.63) is 30.7 Å². The lowest BCUT2D eigenvalue weighted by Crippen LogP contribution is -2.31. The molecule has 2 aromatic heterocycles. The molecule has 13 heteroatoms. The van der Waals surface area contributed by atoms with E-state index in [9.17, 15) is 13.2 Å². The first-order valence-corrected chi connectivity index (χ1v) is 13.5. The van der Waals surface area contributed by atoms with Crippen LogP contribution in [0.1, 0.15) is 46.5 Å². The van der Waals surface area contributed by atoms with Crippen molar-refractivity contribution in [3.8, 4) is 11.5 Å². The zero-order chi connectivity index (χ0) is 26.4. The van der Waals surface area contributed by atoms with Gasteiger partial charge in [0, 0.05) is 18.9 Å². The minimum Gasteiger partial charge on any atom is -0.493 e. The molecule has 0 aliphatic rings. The van der Waals surface area contributed by atoms with E-state index in [0.29, 0.717) is 37.6 Å². The van der Waals surface area contributed by atoms with E-state index in [2.05, 4.69) is 36.7 Å². The summed E-state index contributed by atoms with van der Waals surface area (Å²) < 4.78 is 43.6. The Morgan fingerprint density at radius 3 is 2.53 bits per heavy atom. The van der Waals surface area contributed by atoms with Crippen LogP contribution in [0.2, 0.25) is 0 Å². The molecule has 0 atom stereocenters. The van der Waals surface area contributed by atoms with Gasteiger partial charge in [-0.3, -0.25) is 14.5 Å². The molecule has 2 N–H and O–H groups in total. The smallest absolute Gasteiger partial charge is 0.414 e. The molecule has 0 fully saturated rings. The second kappa shape index (κ2) is 14.4. The molecule has 0 aromatic carbocycles. The third kappa shape index (κ3) is 12.0. The van der Waals surface area contributed by atoms with Gasteiger partial charge in [-0.1, -0.05) is 13.3 Å². The lowest BCUT2D eigenvalue weighted by atomic mass is 10.0. The van der Waals surface area contributed by atoms with Gasteiger partial charge in [-0.05, 0) is 45.2 Å². The van der Waals surface area contributed by atoms with Crippen molar-refractivity contribution in [3.63, 3.8) is 0 Å². The molecule has 12 nitrogen and oxygen atoms in total. The maximum Gasteiger partial charge on any atom is 0.414 e. The first-order chi connectivity index (χ1) is 17.1. The zero-order valence-electron chi connectivity index (χ0n) is 21.2. The van der Waals surface area contributed by atoms with Crippen LogP contribution >= 0.6 is 0 Å². The number of pyridine rings is 1. The summed E-state index contributed by atoms with van der Waals surface area (Å²) in [6.45, 7) is 6.61. The summed E-state index contributed by atoms with van der Waals surface area (Å²) in [5, 5.41) is 5.67. The maximum absolute atomic E-state index is 12.5. The van der Waals surface area contributed by atoms with Crippen molar-refractivity contribution in [2.45, 2.75) is 52.1 Å². The van der Waals surface area contributed by atoms with Gasteiger partial charge >= 0.3 is 6.09 Å². The van der Waals surface area contributed by atoms with Gasteiger partial charge in [0.1, 0.15) is 24.6 Å². The number of nitrogens with one attached hydrogen (secondary N) is 2. The first kappa shape index (κ1) is 29.0. The van der Waals surface area contributed by atoms with Crippen LogP contribution < -0.4 is 20.1 Å². The molecule has 0 unspecified atom stereocenters. The van der Waals surface area contributed by atoms with Crippen molar-refractivity contribution >= 4 is 28.0 Å². The van der Waals surface area contributed by atoms with E-state index in [4.69, 9.17) is 14.2 Å². The van der Waals surface area contributed by atoms with Crippen LogP contribution in [0.25, 0.3) is 0 Å². The van der Waals surface area contributed by atoms with E-state index in [0.717, 1.165) is 24.8 Å². The lowest BCUT2D eigenvalue weighted by molar-refractivity contribution is 0.0378. The molecule has 0 bridgehead atoms. The molecule has 1 amide bonds. The van der Waals surface area contributed by atoms with Gasteiger partial charge in [-0.15, -0.1) is 0 Å². The fourth-order valence-electron chi connectivity index (χ4n) is 2.93. The SMILES string of the molecule is CCCCNc1nc(NC(=O)OC(C)(C)CCCOc2ccncc2)ncc1OCCOS(C)(=O)=O. The quantitative estimate of drug-likeness (QED) is 0.244. The number of nitrogens with zero attached hydrogens (tertiary/aromatic N) is 3. The Labute approximate surface area is 212 Å². The standard InChI is InChI=1S/C23H35N5O7S/c1-5-6-11-25-20-19(33-15-16-34-36(4,30)31)17-26-21(27-20)28-22(29)35-23(2,3)10-7-14-32-18-8-12-24-13-9-18/h8-9,12-13,17H,5-7,10-11,14-16H2,1-4H3,(H2,25,26,27,28,29). The molecule has 0 aliphatic heterocycles. The molecule has 0 saturated heterocycles. The van der Waals surface area contributed by atoms with Crippen LogP contribution in [0, 0.1) is 0 Å². The number of hydrogen-bond donors (Lipinski definition) is 2. The Morgan fingerprint density at radius 1 is 1.08 bits per heavy atom. The van der Waals surface area contributed by atoms with E-state index >= 15 is 0 Å². The summed E-state index contributed by atoms with van der Waals surface area (Å²) in [7, 11) is -3.56. The van der Waals surface area contributed by atoms with Crippen LogP contribution in [0.5, 0.6) is 11.5 Å². The number of unbranched alkanes of at least 4 members (excludes halogenated alkanes) is 1. The summed E-state index contributed by atoms with van der Waals surface area (Å²) in [5.41, 5.74) is -0.740. The molecule has 2 rings (SSSR count). The minimum atomic E-state index is -3.56. The molecule has 2 aromatic rings. The van der Waals surface area contributed by atoms with Crippen molar-refractivity contribution in [2.24, 2.45) is 0 Å². The monoisotopic (exact) mass is 525 g/mol. The Morgan fingerprint density at radius 2 is 1.83 bits per heavy atom. The second-order valence-corrected chi connectivity index (χ2v) is 10.1. The van der Waals surface area contributed by atoms with E-state index < -0.39 is 21.8 Å². The highest BCUT2D eigenvalue weighted by Gasteiger charge is 2.23. The first-order valence-electron chi connectivity index (χ1n) is 11.7. The molecule has 0 spiro atoms. The Kier molecular flexibility index (Phi) is 11.6. The van der Waals surface area contributed by atoms with Crippen LogP contribution in [0.15, 0.2) is 30.7 Å². The van der Waals surface area contributed by atoms with E-state index in [1.165, 1.54) is 6.20 Å². The Hall–Kier alpha value is -3.19. The predicted molar refractivity (Wildman–Crippen MR) is 135 cm³/mol. The number of aromatic nitrogens is 3. The Bertz CT molecular complexity index is 1050. The van der Waals surface area contributed by atoms with Crippen molar-refractivity contribution < 1.29 is 31.6 Å². The topological polar surface area (TPSA) is 151 Å². The number of carbonyl (C=O) groups excluding carboxylic acids is 1. The molecule has 0 saturated carbocycles. The van der Waals surface area contributed by atoms with Gasteiger partial charge in [0.2, 0.25) is 5.95 Å². The van der Waals surface area contributed by atoms with Gasteiger partial charge < -0.3 is 19.5 Å². The van der Waals surface area contributed by atoms with Crippen LogP contribution in [0.4, 0.5) is 16.6 Å². The van der Waals surface area contributed by atoms with Gasteiger partial charge in [0.15, 0.2) is 11.6 Å². The third-order valence-electron chi connectivity index (χ3n) is 4.64. The van der Waals surface area contributed by atoms with Gasteiger partial charge in [0.05, 0.1) is 19.1 Å². The average molecular weight is 526 g/mol. The molecule has 2 heterocycles. The second-order valence-electron chi connectivity index (χ2n) is 8.47. The Balaban J connectivity index is 1.88.